The summed E-state index contributed by atoms with van der Waals surface area (Å²) in [4.78, 5) is 21.5. The maximum Gasteiger partial charge on any atom is 0.307 e. The summed E-state index contributed by atoms with van der Waals surface area (Å²) in [7, 11) is 0. The zero-order chi connectivity index (χ0) is 11.4. The molecular weight excluding hydrogens is 196 g/mol. The van der Waals surface area contributed by atoms with Crippen molar-refractivity contribution in [3.8, 4) is 0 Å². The molecule has 0 spiro atoms. The van der Waals surface area contributed by atoms with E-state index in [0.717, 1.165) is 25.7 Å². The van der Waals surface area contributed by atoms with Crippen LogP contribution >= 0.6 is 0 Å². The third kappa shape index (κ3) is 3.22. The largest absolute Gasteiger partial charge is 0.481 e. The highest BCUT2D eigenvalue weighted by atomic mass is 16.4. The Hall–Kier alpha value is -1.06. The monoisotopic (exact) mass is 214 g/mol. The van der Waals surface area contributed by atoms with Gasteiger partial charge in [-0.15, -0.1) is 0 Å². The number of carboxylic acids is 2. The van der Waals surface area contributed by atoms with Gasteiger partial charge < -0.3 is 10.2 Å². The standard InChI is InChI=1S/C11H18O4/c1-2-7-3-4-8(5-7)9(11(14)15)6-10(12)13/h7-9H,2-6H2,1H3,(H,12,13)(H,14,15)/t7-,8-,9-/m1/s1. The molecule has 1 saturated carbocycles. The lowest BCUT2D eigenvalue weighted by Gasteiger charge is -2.17. The summed E-state index contributed by atoms with van der Waals surface area (Å²) in [5, 5.41) is 17.6. The second-order valence-electron chi connectivity index (χ2n) is 4.39. The van der Waals surface area contributed by atoms with Crippen LogP contribution in [0.1, 0.15) is 39.0 Å². The van der Waals surface area contributed by atoms with Gasteiger partial charge in [0.25, 0.3) is 0 Å². The zero-order valence-corrected chi connectivity index (χ0v) is 8.98. The molecule has 0 amide bonds. The molecule has 4 heteroatoms. The zero-order valence-electron chi connectivity index (χ0n) is 8.98. The van der Waals surface area contributed by atoms with Gasteiger partial charge in [0.15, 0.2) is 0 Å². The van der Waals surface area contributed by atoms with Gasteiger partial charge in [-0.05, 0) is 24.7 Å². The van der Waals surface area contributed by atoms with Crippen molar-refractivity contribution in [2.75, 3.05) is 0 Å². The fourth-order valence-corrected chi connectivity index (χ4v) is 2.49. The molecule has 0 aliphatic heterocycles. The minimum absolute atomic E-state index is 0.0588. The first-order valence-corrected chi connectivity index (χ1v) is 5.49. The molecule has 15 heavy (non-hydrogen) atoms. The molecule has 0 radical (unpaired) electrons. The average molecular weight is 214 g/mol. The van der Waals surface area contributed by atoms with Crippen LogP contribution in [-0.2, 0) is 9.59 Å². The first-order chi connectivity index (χ1) is 7.04. The summed E-state index contributed by atoms with van der Waals surface area (Å²) >= 11 is 0. The highest BCUT2D eigenvalue weighted by Gasteiger charge is 2.35. The molecule has 1 aliphatic carbocycles. The first kappa shape index (κ1) is 12.0. The second kappa shape index (κ2) is 5.14. The molecule has 1 aliphatic rings. The van der Waals surface area contributed by atoms with Gasteiger partial charge in [-0.2, -0.15) is 0 Å². The molecule has 86 valence electrons. The van der Waals surface area contributed by atoms with Crippen molar-refractivity contribution in [1.82, 2.24) is 0 Å². The Labute approximate surface area is 89.3 Å². The van der Waals surface area contributed by atoms with E-state index in [-0.39, 0.29) is 12.3 Å². The van der Waals surface area contributed by atoms with Crippen molar-refractivity contribution < 1.29 is 19.8 Å². The molecular formula is C11H18O4. The van der Waals surface area contributed by atoms with Gasteiger partial charge in [0, 0.05) is 0 Å². The number of aliphatic carboxylic acids is 2. The number of hydrogen-bond donors (Lipinski definition) is 2. The van der Waals surface area contributed by atoms with E-state index in [0.29, 0.717) is 5.92 Å². The topological polar surface area (TPSA) is 74.6 Å². The van der Waals surface area contributed by atoms with Crippen LogP contribution in [0.25, 0.3) is 0 Å². The Morgan fingerprint density at radius 2 is 2.00 bits per heavy atom. The minimum atomic E-state index is -1.01. The van der Waals surface area contributed by atoms with Gasteiger partial charge in [-0.3, -0.25) is 9.59 Å². The maximum atomic E-state index is 11.0. The van der Waals surface area contributed by atoms with Crippen molar-refractivity contribution in [2.24, 2.45) is 17.8 Å². The number of rotatable bonds is 5. The molecule has 1 rings (SSSR count). The van der Waals surface area contributed by atoms with Crippen LogP contribution in [-0.4, -0.2) is 22.2 Å². The summed E-state index contributed by atoms with van der Waals surface area (Å²) < 4.78 is 0. The highest BCUT2D eigenvalue weighted by molar-refractivity contribution is 5.78. The summed E-state index contributed by atoms with van der Waals surface area (Å²) in [6, 6.07) is 0. The lowest BCUT2D eigenvalue weighted by molar-refractivity contribution is -0.150. The van der Waals surface area contributed by atoms with Crippen molar-refractivity contribution in [3.63, 3.8) is 0 Å². The van der Waals surface area contributed by atoms with E-state index in [1.807, 2.05) is 0 Å². The summed E-state index contributed by atoms with van der Waals surface area (Å²) in [6.07, 6.45) is 3.61. The van der Waals surface area contributed by atoms with E-state index >= 15 is 0 Å². The molecule has 3 atom stereocenters. The summed E-state index contributed by atoms with van der Waals surface area (Å²) in [6.45, 7) is 2.10. The lowest BCUT2D eigenvalue weighted by atomic mass is 9.87. The minimum Gasteiger partial charge on any atom is -0.481 e. The molecule has 0 bridgehead atoms. The Balaban J connectivity index is 2.57. The summed E-state index contributed by atoms with van der Waals surface area (Å²) in [5.74, 6) is -2.02. The number of carboxylic acid groups (broad SMARTS) is 2. The lowest BCUT2D eigenvalue weighted by Crippen LogP contribution is -2.25. The molecule has 0 unspecified atom stereocenters. The molecule has 1 fully saturated rings. The van der Waals surface area contributed by atoms with Crippen LogP contribution in [0.3, 0.4) is 0 Å². The second-order valence-corrected chi connectivity index (χ2v) is 4.39. The van der Waals surface area contributed by atoms with Gasteiger partial charge in [0.1, 0.15) is 0 Å². The number of hydrogen-bond acceptors (Lipinski definition) is 2. The normalized spacial score (nSPS) is 27.5. The third-order valence-electron chi connectivity index (χ3n) is 3.44. The summed E-state index contributed by atoms with van der Waals surface area (Å²) in [5.41, 5.74) is 0. The highest BCUT2D eigenvalue weighted by Crippen LogP contribution is 2.38. The molecule has 2 N–H and O–H groups in total. The molecule has 0 saturated heterocycles. The van der Waals surface area contributed by atoms with E-state index < -0.39 is 17.9 Å². The predicted octanol–water partition coefficient (Wildman–Crippen LogP) is 1.99. The maximum absolute atomic E-state index is 11.0. The van der Waals surface area contributed by atoms with Crippen molar-refractivity contribution in [3.05, 3.63) is 0 Å². The van der Waals surface area contributed by atoms with Crippen LogP contribution < -0.4 is 0 Å². The van der Waals surface area contributed by atoms with Crippen LogP contribution in [0.4, 0.5) is 0 Å². The van der Waals surface area contributed by atoms with Crippen molar-refractivity contribution >= 4 is 11.9 Å². The quantitative estimate of drug-likeness (QED) is 0.733. The van der Waals surface area contributed by atoms with E-state index in [1.165, 1.54) is 0 Å². The SMILES string of the molecule is CC[C@@H]1CC[C@@H]([C@@H](CC(=O)O)C(=O)O)C1. The molecule has 4 nitrogen and oxygen atoms in total. The fourth-order valence-electron chi connectivity index (χ4n) is 2.49. The van der Waals surface area contributed by atoms with Crippen LogP contribution in [0.15, 0.2) is 0 Å². The van der Waals surface area contributed by atoms with E-state index in [9.17, 15) is 9.59 Å². The smallest absolute Gasteiger partial charge is 0.307 e. The van der Waals surface area contributed by atoms with Gasteiger partial charge in [-0.1, -0.05) is 19.8 Å². The Kier molecular flexibility index (Phi) is 4.12. The molecule has 0 heterocycles. The number of carbonyl (C=O) groups is 2. The van der Waals surface area contributed by atoms with E-state index in [4.69, 9.17) is 10.2 Å². The van der Waals surface area contributed by atoms with Gasteiger partial charge >= 0.3 is 11.9 Å². The Bertz CT molecular complexity index is 249. The van der Waals surface area contributed by atoms with E-state index in [1.54, 1.807) is 0 Å². The molecule has 0 aromatic carbocycles. The third-order valence-corrected chi connectivity index (χ3v) is 3.44. The van der Waals surface area contributed by atoms with Gasteiger partial charge in [0.05, 0.1) is 12.3 Å². The van der Waals surface area contributed by atoms with E-state index in [2.05, 4.69) is 6.92 Å². The van der Waals surface area contributed by atoms with Gasteiger partial charge in [0.2, 0.25) is 0 Å². The van der Waals surface area contributed by atoms with Gasteiger partial charge in [-0.25, -0.2) is 0 Å². The predicted molar refractivity (Wildman–Crippen MR) is 54.5 cm³/mol. The Morgan fingerprint density at radius 3 is 2.40 bits per heavy atom. The average Bonchev–Trinajstić information content (AvgIpc) is 2.61. The van der Waals surface area contributed by atoms with Crippen molar-refractivity contribution in [1.29, 1.82) is 0 Å². The molecule has 0 aromatic heterocycles. The van der Waals surface area contributed by atoms with Crippen molar-refractivity contribution in [2.45, 2.75) is 39.0 Å². The first-order valence-electron chi connectivity index (χ1n) is 5.49. The van der Waals surface area contributed by atoms with Crippen LogP contribution in [0, 0.1) is 17.8 Å². The molecule has 0 aromatic rings. The Morgan fingerprint density at radius 1 is 1.33 bits per heavy atom. The van der Waals surface area contributed by atoms with Crippen LogP contribution in [0.5, 0.6) is 0 Å². The fraction of sp³-hybridized carbons (Fsp3) is 0.818. The van der Waals surface area contributed by atoms with Crippen LogP contribution in [0.2, 0.25) is 0 Å².